The Hall–Kier alpha value is -0.560. The van der Waals surface area contributed by atoms with Gasteiger partial charge in [0.1, 0.15) is 0 Å². The van der Waals surface area contributed by atoms with Gasteiger partial charge in [-0.25, -0.2) is 8.42 Å². The molecule has 7 heteroatoms. The summed E-state index contributed by atoms with van der Waals surface area (Å²) in [6.45, 7) is 0. The van der Waals surface area contributed by atoms with Crippen molar-refractivity contribution in [1.82, 2.24) is 0 Å². The topological polar surface area (TPSA) is 60.2 Å². The van der Waals surface area contributed by atoms with Crippen LogP contribution in [0.5, 0.6) is 0 Å². The fourth-order valence-electron chi connectivity index (χ4n) is 1.50. The molecule has 0 aliphatic heterocycles. The number of hydrogen-bond acceptors (Lipinski definition) is 4. The van der Waals surface area contributed by atoms with Crippen LogP contribution in [0.3, 0.4) is 0 Å². The molecule has 0 saturated heterocycles. The van der Waals surface area contributed by atoms with Crippen molar-refractivity contribution in [1.29, 1.82) is 0 Å². The SMILES string of the molecule is Nc1cc(Cl)ccc1S(=O)(=O)Cc1ccc(Br)s1. The zero-order valence-corrected chi connectivity index (χ0v) is 13.0. The van der Waals surface area contributed by atoms with Crippen LogP contribution in [0.1, 0.15) is 4.88 Å². The zero-order valence-electron chi connectivity index (χ0n) is 9.06. The highest BCUT2D eigenvalue weighted by Crippen LogP contribution is 2.29. The van der Waals surface area contributed by atoms with Crippen molar-refractivity contribution in [3.63, 3.8) is 0 Å². The molecule has 2 rings (SSSR count). The first-order chi connectivity index (χ1) is 8.38. The van der Waals surface area contributed by atoms with Gasteiger partial charge in [-0.05, 0) is 46.3 Å². The number of anilines is 1. The van der Waals surface area contributed by atoms with E-state index in [9.17, 15) is 8.42 Å². The normalized spacial score (nSPS) is 11.7. The van der Waals surface area contributed by atoms with Crippen LogP contribution in [0.2, 0.25) is 5.02 Å². The quantitative estimate of drug-likeness (QED) is 0.842. The number of halogens is 2. The monoisotopic (exact) mass is 365 g/mol. The van der Waals surface area contributed by atoms with Crippen molar-refractivity contribution in [2.45, 2.75) is 10.6 Å². The van der Waals surface area contributed by atoms with E-state index >= 15 is 0 Å². The standard InChI is InChI=1S/C11H9BrClNO2S2/c12-11-4-2-8(17-11)6-18(15,16)10-3-1-7(13)5-9(10)14/h1-5H,6,14H2. The third-order valence-electron chi connectivity index (χ3n) is 2.27. The third kappa shape index (κ3) is 3.06. The minimum atomic E-state index is -3.44. The van der Waals surface area contributed by atoms with Gasteiger partial charge in [0.25, 0.3) is 0 Å². The molecule has 1 heterocycles. The lowest BCUT2D eigenvalue weighted by Crippen LogP contribution is -2.07. The molecule has 0 unspecified atom stereocenters. The van der Waals surface area contributed by atoms with Gasteiger partial charge in [0.2, 0.25) is 0 Å². The highest BCUT2D eigenvalue weighted by atomic mass is 79.9. The maximum absolute atomic E-state index is 12.2. The van der Waals surface area contributed by atoms with Crippen LogP contribution in [0.25, 0.3) is 0 Å². The maximum atomic E-state index is 12.2. The Bertz CT molecular complexity index is 682. The van der Waals surface area contributed by atoms with Crippen molar-refractivity contribution in [2.75, 3.05) is 5.73 Å². The highest BCUT2D eigenvalue weighted by molar-refractivity contribution is 9.11. The lowest BCUT2D eigenvalue weighted by atomic mass is 10.3. The number of nitrogens with two attached hydrogens (primary N) is 1. The molecule has 3 nitrogen and oxygen atoms in total. The van der Waals surface area contributed by atoms with Gasteiger partial charge >= 0.3 is 0 Å². The van der Waals surface area contributed by atoms with Crippen LogP contribution in [0, 0.1) is 0 Å². The molecule has 1 aromatic heterocycles. The average Bonchev–Trinajstić information content (AvgIpc) is 2.62. The summed E-state index contributed by atoms with van der Waals surface area (Å²) in [5.41, 5.74) is 5.88. The molecule has 0 saturated carbocycles. The van der Waals surface area contributed by atoms with E-state index in [1.807, 2.05) is 6.07 Å². The van der Waals surface area contributed by atoms with Crippen LogP contribution < -0.4 is 5.73 Å². The molecule has 18 heavy (non-hydrogen) atoms. The largest absolute Gasteiger partial charge is 0.398 e. The van der Waals surface area contributed by atoms with Gasteiger partial charge < -0.3 is 5.73 Å². The van der Waals surface area contributed by atoms with Gasteiger partial charge in [-0.1, -0.05) is 11.6 Å². The Morgan fingerprint density at radius 1 is 1.28 bits per heavy atom. The molecule has 0 fully saturated rings. The molecule has 0 amide bonds. The number of benzene rings is 1. The first-order valence-electron chi connectivity index (χ1n) is 4.90. The minimum absolute atomic E-state index is 0.0604. The summed E-state index contributed by atoms with van der Waals surface area (Å²) in [5, 5.41) is 0.422. The average molecular weight is 367 g/mol. The molecule has 96 valence electrons. The molecule has 2 N–H and O–H groups in total. The van der Waals surface area contributed by atoms with Gasteiger partial charge in [0, 0.05) is 9.90 Å². The maximum Gasteiger partial charge on any atom is 0.185 e. The van der Waals surface area contributed by atoms with Crippen LogP contribution in [-0.4, -0.2) is 8.42 Å². The summed E-state index contributed by atoms with van der Waals surface area (Å²) in [6.07, 6.45) is 0. The van der Waals surface area contributed by atoms with Gasteiger partial charge in [-0.2, -0.15) is 0 Å². The lowest BCUT2D eigenvalue weighted by molar-refractivity contribution is 0.596. The molecular formula is C11H9BrClNO2S2. The molecule has 1 aromatic carbocycles. The molecule has 0 aliphatic rings. The summed E-state index contributed by atoms with van der Waals surface area (Å²) in [5.74, 6) is -0.0604. The molecular weight excluding hydrogens is 358 g/mol. The molecule has 0 radical (unpaired) electrons. The molecule has 0 atom stereocenters. The first-order valence-corrected chi connectivity index (χ1v) is 8.54. The Morgan fingerprint density at radius 2 is 2.00 bits per heavy atom. The van der Waals surface area contributed by atoms with E-state index in [2.05, 4.69) is 15.9 Å². The van der Waals surface area contributed by atoms with Crippen LogP contribution in [0.4, 0.5) is 5.69 Å². The van der Waals surface area contributed by atoms with E-state index in [-0.39, 0.29) is 16.3 Å². The van der Waals surface area contributed by atoms with Crippen molar-refractivity contribution in [3.8, 4) is 0 Å². The molecule has 0 aliphatic carbocycles. The van der Waals surface area contributed by atoms with Crippen molar-refractivity contribution >= 4 is 54.4 Å². The smallest absolute Gasteiger partial charge is 0.185 e. The second kappa shape index (κ2) is 5.21. The molecule has 0 bridgehead atoms. The van der Waals surface area contributed by atoms with Crippen LogP contribution >= 0.6 is 38.9 Å². The molecule has 2 aromatic rings. The fraction of sp³-hybridized carbons (Fsp3) is 0.0909. The van der Waals surface area contributed by atoms with E-state index in [4.69, 9.17) is 17.3 Å². The fourth-order valence-corrected chi connectivity index (χ4v) is 4.98. The summed E-state index contributed by atoms with van der Waals surface area (Å²) in [7, 11) is -3.44. The Balaban J connectivity index is 2.36. The summed E-state index contributed by atoms with van der Waals surface area (Å²) < 4.78 is 25.3. The van der Waals surface area contributed by atoms with Crippen LogP contribution in [-0.2, 0) is 15.6 Å². The van der Waals surface area contributed by atoms with Crippen molar-refractivity contribution in [2.24, 2.45) is 0 Å². The first kappa shape index (κ1) is 13.9. The highest BCUT2D eigenvalue weighted by Gasteiger charge is 2.19. The number of sulfone groups is 1. The number of nitrogen functional groups attached to an aromatic ring is 1. The predicted molar refractivity (Wildman–Crippen MR) is 78.8 cm³/mol. The Labute approximate surface area is 123 Å². The van der Waals surface area contributed by atoms with E-state index in [0.717, 1.165) is 8.66 Å². The van der Waals surface area contributed by atoms with Gasteiger partial charge in [0.05, 0.1) is 20.1 Å². The Kier molecular flexibility index (Phi) is 4.01. The molecule has 0 spiro atoms. The van der Waals surface area contributed by atoms with Gasteiger partial charge in [-0.3, -0.25) is 0 Å². The lowest BCUT2D eigenvalue weighted by Gasteiger charge is -2.06. The van der Waals surface area contributed by atoms with E-state index in [0.29, 0.717) is 5.02 Å². The number of hydrogen-bond donors (Lipinski definition) is 1. The second-order valence-electron chi connectivity index (χ2n) is 3.65. The minimum Gasteiger partial charge on any atom is -0.398 e. The van der Waals surface area contributed by atoms with E-state index < -0.39 is 9.84 Å². The van der Waals surface area contributed by atoms with Gasteiger partial charge in [-0.15, -0.1) is 11.3 Å². The summed E-state index contributed by atoms with van der Waals surface area (Å²) >= 11 is 10.4. The number of rotatable bonds is 3. The van der Waals surface area contributed by atoms with Crippen LogP contribution in [0.15, 0.2) is 39.0 Å². The van der Waals surface area contributed by atoms with Crippen molar-refractivity contribution in [3.05, 3.63) is 44.0 Å². The Morgan fingerprint density at radius 3 is 2.56 bits per heavy atom. The summed E-state index contributed by atoms with van der Waals surface area (Å²) in [6, 6.07) is 8.00. The third-order valence-corrected chi connectivity index (χ3v) is 6.04. The summed E-state index contributed by atoms with van der Waals surface area (Å²) in [4.78, 5) is 0.882. The predicted octanol–water partition coefficient (Wildman–Crippen LogP) is 3.72. The van der Waals surface area contributed by atoms with E-state index in [1.54, 1.807) is 6.07 Å². The van der Waals surface area contributed by atoms with Gasteiger partial charge in [0.15, 0.2) is 9.84 Å². The zero-order chi connectivity index (χ0) is 13.3. The number of thiophene rings is 1. The second-order valence-corrected chi connectivity index (χ2v) is 8.59. The van der Waals surface area contributed by atoms with Crippen molar-refractivity contribution < 1.29 is 8.42 Å². The van der Waals surface area contributed by atoms with E-state index in [1.165, 1.54) is 29.5 Å².